The van der Waals surface area contributed by atoms with E-state index in [1.807, 2.05) is 0 Å². The summed E-state index contributed by atoms with van der Waals surface area (Å²) >= 11 is 0. The normalized spacial score (nSPS) is 29.7. The Morgan fingerprint density at radius 2 is 1.36 bits per heavy atom. The van der Waals surface area contributed by atoms with E-state index < -0.39 is 103 Å². The first kappa shape index (κ1) is 39.4. The zero-order valence-electron chi connectivity index (χ0n) is 28.5. The van der Waals surface area contributed by atoms with Gasteiger partial charge in [0.15, 0.2) is 17.5 Å². The number of nitrogens with two attached hydrogens (primary N) is 2. The lowest BCUT2D eigenvalue weighted by Gasteiger charge is -2.24. The van der Waals surface area contributed by atoms with Crippen LogP contribution in [0.1, 0.15) is 18.0 Å². The minimum absolute atomic E-state index is 0.0659. The third-order valence-corrected chi connectivity index (χ3v) is 14.6. The van der Waals surface area contributed by atoms with E-state index in [9.17, 15) is 43.7 Å². The molecule has 0 aromatic carbocycles. The molecule has 2 aliphatic rings. The van der Waals surface area contributed by atoms with E-state index in [0.717, 1.165) is 20.0 Å². The van der Waals surface area contributed by atoms with E-state index in [-0.39, 0.29) is 34.0 Å². The molecule has 11 atom stereocenters. The van der Waals surface area contributed by atoms with E-state index in [0.29, 0.717) is 5.56 Å². The Labute approximate surface area is 298 Å². The molecule has 4 aromatic heterocycles. The van der Waals surface area contributed by atoms with Crippen molar-refractivity contribution in [1.82, 2.24) is 29.1 Å². The largest absolute Gasteiger partial charge is 0.396 e. The number of aromatic amines is 2. The van der Waals surface area contributed by atoms with Crippen molar-refractivity contribution in [3.05, 3.63) is 44.7 Å². The summed E-state index contributed by atoms with van der Waals surface area (Å²) in [5.41, 5.74) is 11.1. The third-order valence-electron chi connectivity index (χ3n) is 8.63. The first-order valence-electron chi connectivity index (χ1n) is 15.8. The zero-order chi connectivity index (χ0) is 38.8. The lowest BCUT2D eigenvalue weighted by molar-refractivity contribution is -0.0479. The fraction of sp³-hybridized carbons (Fsp3) is 0.556. The monoisotopic (exact) mass is 808 g/mol. The number of aliphatic hydroxyl groups excluding tert-OH is 4. The second kappa shape index (κ2) is 14.4. The average molecular weight is 809 g/mol. The van der Waals surface area contributed by atoms with Gasteiger partial charge in [-0.25, -0.2) is 8.62 Å². The highest BCUT2D eigenvalue weighted by atomic mass is 31.3. The van der Waals surface area contributed by atoms with E-state index in [1.54, 1.807) is 13.1 Å². The van der Waals surface area contributed by atoms with Crippen LogP contribution in [0.15, 0.2) is 28.0 Å². The number of hydrogen-bond donors (Lipinski definition) is 8. The molecule has 0 saturated carbocycles. The topological polar surface area (TPSA) is 341 Å². The molecule has 4 aromatic rings. The second-order valence-electron chi connectivity index (χ2n) is 12.8. The van der Waals surface area contributed by atoms with Crippen molar-refractivity contribution in [3.63, 3.8) is 0 Å². The zero-order valence-corrected chi connectivity index (χ0v) is 31.2. The Hall–Kier alpha value is -3.27. The number of ether oxygens (including phenoxy) is 2. The van der Waals surface area contributed by atoms with Gasteiger partial charge in [0.2, 0.25) is 11.9 Å². The van der Waals surface area contributed by atoms with Crippen molar-refractivity contribution < 1.29 is 61.3 Å². The van der Waals surface area contributed by atoms with Crippen LogP contribution in [0.2, 0.25) is 0 Å². The molecule has 2 saturated heterocycles. The molecule has 292 valence electrons. The first-order valence-corrected chi connectivity index (χ1v) is 21.8. The fourth-order valence-electron chi connectivity index (χ4n) is 6.34. The van der Waals surface area contributed by atoms with Crippen LogP contribution in [-0.2, 0) is 40.8 Å². The number of aromatic nitrogens is 6. The molecule has 0 spiro atoms. The molecule has 6 rings (SSSR count). The Morgan fingerprint density at radius 1 is 0.811 bits per heavy atom. The highest BCUT2D eigenvalue weighted by molar-refractivity contribution is 7.72. The molecule has 0 bridgehead atoms. The lowest BCUT2D eigenvalue weighted by atomic mass is 10.0. The number of nitrogens with zero attached hydrogens (tertiary/aromatic N) is 4. The van der Waals surface area contributed by atoms with Crippen LogP contribution in [0.5, 0.6) is 0 Å². The van der Waals surface area contributed by atoms with E-state index in [1.165, 1.54) is 21.4 Å². The number of aryl methyl sites for hydroxylation is 1. The quantitative estimate of drug-likeness (QED) is 0.0821. The van der Waals surface area contributed by atoms with Crippen LogP contribution >= 0.6 is 22.8 Å². The van der Waals surface area contributed by atoms with Gasteiger partial charge in [-0.15, -0.1) is 0 Å². The summed E-state index contributed by atoms with van der Waals surface area (Å²) in [5, 5.41) is 42.7. The Kier molecular flexibility index (Phi) is 10.7. The fourth-order valence-corrected chi connectivity index (χ4v) is 12.3. The SMILES string of the molecule is Cc1cn([C@H]2O[C@@H](COP(C)(=O)OP(C)(=O)OP(C)(=O)OC[C@H]3O[C@@H](n4ccc5c(=O)[nH]c(N)nc54)[C@@H](O)C3O)[C@@H](O)C2CO)c2nc(N)[nH]c(=O)c12. The van der Waals surface area contributed by atoms with Crippen molar-refractivity contribution in [3.8, 4) is 0 Å². The van der Waals surface area contributed by atoms with Crippen LogP contribution in [0.4, 0.5) is 11.9 Å². The van der Waals surface area contributed by atoms with Crippen molar-refractivity contribution in [1.29, 1.82) is 0 Å². The van der Waals surface area contributed by atoms with Crippen molar-refractivity contribution in [2.45, 2.75) is 49.9 Å². The van der Waals surface area contributed by atoms with Gasteiger partial charge in [-0.1, -0.05) is 0 Å². The molecule has 10 N–H and O–H groups in total. The molecular weight excluding hydrogens is 769 g/mol. The smallest absolute Gasteiger partial charge is 0.341 e. The van der Waals surface area contributed by atoms with Crippen molar-refractivity contribution in [2.75, 3.05) is 51.3 Å². The summed E-state index contributed by atoms with van der Waals surface area (Å²) in [6.07, 6.45) is -6.41. The maximum Gasteiger partial charge on any atom is 0.341 e. The van der Waals surface area contributed by atoms with Crippen molar-refractivity contribution >= 4 is 56.8 Å². The highest BCUT2D eigenvalue weighted by Gasteiger charge is 2.47. The molecule has 0 radical (unpaired) electrons. The van der Waals surface area contributed by atoms with E-state index >= 15 is 0 Å². The van der Waals surface area contributed by atoms with Gasteiger partial charge in [0, 0.05) is 32.4 Å². The number of nitrogens with one attached hydrogen (secondary N) is 2. The van der Waals surface area contributed by atoms with Gasteiger partial charge >= 0.3 is 22.8 Å². The lowest BCUT2D eigenvalue weighted by Crippen LogP contribution is -2.33. The number of aliphatic hydroxyl groups is 4. The van der Waals surface area contributed by atoms with Gasteiger partial charge in [0.05, 0.1) is 42.6 Å². The standard InChI is InChI=1S/C27H39N8O15P3/c1-11-7-35(21-16(11)23(41)33-27(29)31-21)24-13(8-36)17(37)14(47-24)9-45-51(2,42)49-53(4,44)50-52(3,43)46-10-15-18(38)19(39)25(48-15)34-6-5-12-20(34)30-26(28)32-22(12)40/h5-7,13-15,17-19,24-25,36-39H,8-10H2,1-4H3,(H3,28,30,32,40)(H3,29,31,33,41)/t13?,14-,15+,17-,18?,19-,24-,25+,51?,52?,53?/m0/s1. The van der Waals surface area contributed by atoms with Crippen LogP contribution in [0.25, 0.3) is 22.1 Å². The summed E-state index contributed by atoms with van der Waals surface area (Å²) in [4.78, 5) is 37.6. The highest BCUT2D eigenvalue weighted by Crippen LogP contribution is 2.68. The van der Waals surface area contributed by atoms with Gasteiger partial charge in [0.1, 0.15) is 30.6 Å². The number of H-pyrrole nitrogens is 2. The third kappa shape index (κ3) is 7.95. The molecule has 2 fully saturated rings. The summed E-state index contributed by atoms with van der Waals surface area (Å²) in [5.74, 6) is -1.31. The molecule has 23 nitrogen and oxygen atoms in total. The number of rotatable bonds is 13. The van der Waals surface area contributed by atoms with Gasteiger partial charge in [-0.05, 0) is 18.6 Å². The second-order valence-corrected chi connectivity index (χ2v) is 19.2. The molecule has 2 aliphatic heterocycles. The number of hydrogen-bond acceptors (Lipinski definition) is 19. The minimum Gasteiger partial charge on any atom is -0.396 e. The predicted molar refractivity (Wildman–Crippen MR) is 185 cm³/mol. The predicted octanol–water partition coefficient (Wildman–Crippen LogP) is -0.0433. The summed E-state index contributed by atoms with van der Waals surface area (Å²) in [7, 11) is -13.1. The molecule has 53 heavy (non-hydrogen) atoms. The summed E-state index contributed by atoms with van der Waals surface area (Å²) in [6, 6.07) is 1.41. The summed E-state index contributed by atoms with van der Waals surface area (Å²) in [6.45, 7) is 2.59. The van der Waals surface area contributed by atoms with Crippen molar-refractivity contribution in [2.24, 2.45) is 5.92 Å². The van der Waals surface area contributed by atoms with Gasteiger partial charge in [-0.3, -0.25) is 33.3 Å². The van der Waals surface area contributed by atoms with Gasteiger partial charge in [0.25, 0.3) is 11.1 Å². The first-order chi connectivity index (χ1) is 24.7. The molecular formula is C27H39N8O15P3. The number of nitrogen functional groups attached to an aromatic ring is 2. The molecule has 26 heteroatoms. The van der Waals surface area contributed by atoms with E-state index in [2.05, 4.69) is 19.9 Å². The van der Waals surface area contributed by atoms with E-state index in [4.69, 9.17) is 38.6 Å². The maximum absolute atomic E-state index is 13.3. The van der Waals surface area contributed by atoms with Crippen LogP contribution < -0.4 is 22.6 Å². The summed E-state index contributed by atoms with van der Waals surface area (Å²) < 4.78 is 75.0. The number of fused-ring (bicyclic) bond motifs is 2. The van der Waals surface area contributed by atoms with Gasteiger partial charge < -0.3 is 59.5 Å². The van der Waals surface area contributed by atoms with Gasteiger partial charge in [-0.2, -0.15) is 9.97 Å². The van der Waals surface area contributed by atoms with Crippen LogP contribution in [0, 0.1) is 12.8 Å². The maximum atomic E-state index is 13.3. The molecule has 5 unspecified atom stereocenters. The molecule has 0 amide bonds. The molecule has 0 aliphatic carbocycles. The van der Waals surface area contributed by atoms with Crippen LogP contribution in [0.3, 0.4) is 0 Å². The Morgan fingerprint density at radius 3 is 1.96 bits per heavy atom. The molecule has 6 heterocycles. The Bertz CT molecular complexity index is 2290. The van der Waals surface area contributed by atoms with Crippen LogP contribution in [-0.4, -0.2) is 120 Å². The minimum atomic E-state index is -4.49. The average Bonchev–Trinajstić information content (AvgIpc) is 3.77. The Balaban J connectivity index is 1.06. The number of anilines is 2.